The lowest BCUT2D eigenvalue weighted by Crippen LogP contribution is -2.30. The minimum atomic E-state index is -1.73. The predicted molar refractivity (Wildman–Crippen MR) is 51.4 cm³/mol. The number of hydroxylamine groups is 1. The standard InChI is InChI=1S/C10H10F3NO3/c1-5(4-15)17-14-10(16)6-2-3-7(11)9(13)8(6)12/h2-3,5,15H,4H2,1H3,(H,14,16). The van der Waals surface area contributed by atoms with E-state index in [0.29, 0.717) is 6.07 Å². The van der Waals surface area contributed by atoms with Crippen LogP contribution >= 0.6 is 0 Å². The van der Waals surface area contributed by atoms with Crippen molar-refractivity contribution in [3.63, 3.8) is 0 Å². The van der Waals surface area contributed by atoms with Gasteiger partial charge >= 0.3 is 0 Å². The summed E-state index contributed by atoms with van der Waals surface area (Å²) in [5, 5.41) is 8.59. The second-order valence-corrected chi connectivity index (χ2v) is 3.27. The van der Waals surface area contributed by atoms with Crippen molar-refractivity contribution in [3.05, 3.63) is 35.1 Å². The van der Waals surface area contributed by atoms with Crippen LogP contribution < -0.4 is 5.48 Å². The average molecular weight is 249 g/mol. The molecule has 0 aliphatic carbocycles. The Bertz CT molecular complexity index is 426. The molecule has 0 aromatic heterocycles. The molecule has 1 rings (SSSR count). The number of benzene rings is 1. The van der Waals surface area contributed by atoms with E-state index in [0.717, 1.165) is 6.07 Å². The molecule has 0 saturated carbocycles. The van der Waals surface area contributed by atoms with Gasteiger partial charge in [-0.05, 0) is 19.1 Å². The average Bonchev–Trinajstić information content (AvgIpc) is 2.32. The van der Waals surface area contributed by atoms with Gasteiger partial charge in [-0.2, -0.15) is 0 Å². The Balaban J connectivity index is 2.80. The minimum absolute atomic E-state index is 0.361. The zero-order chi connectivity index (χ0) is 13.0. The van der Waals surface area contributed by atoms with Crippen LogP contribution in [0.2, 0.25) is 0 Å². The molecule has 1 aromatic rings. The van der Waals surface area contributed by atoms with Crippen LogP contribution in [0.5, 0.6) is 0 Å². The maximum atomic E-state index is 13.1. The molecule has 1 atom stereocenters. The fourth-order valence-electron chi connectivity index (χ4n) is 0.948. The van der Waals surface area contributed by atoms with Crippen LogP contribution in [0, 0.1) is 17.5 Å². The third-order valence-corrected chi connectivity index (χ3v) is 1.89. The summed E-state index contributed by atoms with van der Waals surface area (Å²) in [7, 11) is 0. The molecule has 1 aromatic carbocycles. The van der Waals surface area contributed by atoms with Crippen molar-refractivity contribution in [3.8, 4) is 0 Å². The van der Waals surface area contributed by atoms with Crippen molar-refractivity contribution in [1.82, 2.24) is 5.48 Å². The fraction of sp³-hybridized carbons (Fsp3) is 0.300. The summed E-state index contributed by atoms with van der Waals surface area (Å²) >= 11 is 0. The van der Waals surface area contributed by atoms with E-state index in [4.69, 9.17) is 5.11 Å². The van der Waals surface area contributed by atoms with Crippen LogP contribution in [-0.2, 0) is 4.84 Å². The van der Waals surface area contributed by atoms with Crippen LogP contribution in [0.1, 0.15) is 17.3 Å². The normalized spacial score (nSPS) is 12.3. The van der Waals surface area contributed by atoms with E-state index in [1.165, 1.54) is 6.92 Å². The van der Waals surface area contributed by atoms with Gasteiger partial charge in [-0.15, -0.1) is 0 Å². The number of aliphatic hydroxyl groups excluding tert-OH is 1. The zero-order valence-electron chi connectivity index (χ0n) is 8.84. The maximum Gasteiger partial charge on any atom is 0.277 e. The van der Waals surface area contributed by atoms with Gasteiger partial charge in [0.05, 0.1) is 12.2 Å². The van der Waals surface area contributed by atoms with E-state index in [1.54, 1.807) is 0 Å². The van der Waals surface area contributed by atoms with Gasteiger partial charge in [-0.3, -0.25) is 9.63 Å². The van der Waals surface area contributed by atoms with Crippen LogP contribution in [0.15, 0.2) is 12.1 Å². The fourth-order valence-corrected chi connectivity index (χ4v) is 0.948. The van der Waals surface area contributed by atoms with Gasteiger partial charge in [-0.25, -0.2) is 18.7 Å². The third kappa shape index (κ3) is 3.18. The highest BCUT2D eigenvalue weighted by molar-refractivity contribution is 5.93. The van der Waals surface area contributed by atoms with Crippen LogP contribution in [-0.4, -0.2) is 23.7 Å². The Morgan fingerprint density at radius 2 is 2.06 bits per heavy atom. The molecular formula is C10H10F3NO3. The summed E-state index contributed by atoms with van der Waals surface area (Å²) in [4.78, 5) is 15.9. The highest BCUT2D eigenvalue weighted by atomic mass is 19.2. The molecule has 0 fully saturated rings. The van der Waals surface area contributed by atoms with Crippen molar-refractivity contribution in [2.75, 3.05) is 6.61 Å². The minimum Gasteiger partial charge on any atom is -0.394 e. The van der Waals surface area contributed by atoms with Crippen molar-refractivity contribution in [2.45, 2.75) is 13.0 Å². The first-order valence-corrected chi connectivity index (χ1v) is 4.67. The van der Waals surface area contributed by atoms with Gasteiger partial charge < -0.3 is 5.11 Å². The Morgan fingerprint density at radius 3 is 2.65 bits per heavy atom. The number of carbonyl (C=O) groups excluding carboxylic acids is 1. The molecule has 1 unspecified atom stereocenters. The number of aliphatic hydroxyl groups is 1. The number of nitrogens with one attached hydrogen (secondary N) is 1. The van der Waals surface area contributed by atoms with E-state index < -0.39 is 35.0 Å². The molecule has 0 aliphatic heterocycles. The highest BCUT2D eigenvalue weighted by Crippen LogP contribution is 2.14. The highest BCUT2D eigenvalue weighted by Gasteiger charge is 2.19. The molecule has 0 radical (unpaired) electrons. The van der Waals surface area contributed by atoms with Crippen LogP contribution in [0.4, 0.5) is 13.2 Å². The largest absolute Gasteiger partial charge is 0.394 e. The SMILES string of the molecule is CC(CO)ONC(=O)c1ccc(F)c(F)c1F. The van der Waals surface area contributed by atoms with E-state index in [9.17, 15) is 18.0 Å². The number of hydrogen-bond donors (Lipinski definition) is 2. The Kier molecular flexibility index (Phi) is 4.47. The lowest BCUT2D eigenvalue weighted by atomic mass is 10.2. The van der Waals surface area contributed by atoms with Gasteiger partial charge in [0.2, 0.25) is 0 Å². The lowest BCUT2D eigenvalue weighted by Gasteiger charge is -2.10. The molecular weight excluding hydrogens is 239 g/mol. The second-order valence-electron chi connectivity index (χ2n) is 3.27. The summed E-state index contributed by atoms with van der Waals surface area (Å²) in [5.74, 6) is -5.78. The second kappa shape index (κ2) is 5.65. The Labute approximate surface area is 95.0 Å². The number of halogens is 3. The molecule has 0 saturated heterocycles. The predicted octanol–water partition coefficient (Wildman–Crippen LogP) is 1.15. The summed E-state index contributed by atoms with van der Waals surface area (Å²) in [6.07, 6.45) is -0.702. The first kappa shape index (κ1) is 13.5. The van der Waals surface area contributed by atoms with E-state index in [-0.39, 0.29) is 6.61 Å². The van der Waals surface area contributed by atoms with E-state index in [2.05, 4.69) is 4.84 Å². The molecule has 4 nitrogen and oxygen atoms in total. The number of carbonyl (C=O) groups is 1. The molecule has 2 N–H and O–H groups in total. The first-order chi connectivity index (χ1) is 7.97. The smallest absolute Gasteiger partial charge is 0.277 e. The maximum absolute atomic E-state index is 13.1. The van der Waals surface area contributed by atoms with Crippen molar-refractivity contribution in [2.24, 2.45) is 0 Å². The molecule has 0 bridgehead atoms. The molecule has 0 spiro atoms. The number of amides is 1. The summed E-state index contributed by atoms with van der Waals surface area (Å²) in [6, 6.07) is 1.42. The van der Waals surface area contributed by atoms with Gasteiger partial charge in [0.1, 0.15) is 6.10 Å². The quantitative estimate of drug-likeness (QED) is 0.621. The van der Waals surface area contributed by atoms with Gasteiger partial charge in [-0.1, -0.05) is 0 Å². The first-order valence-electron chi connectivity index (χ1n) is 4.67. The van der Waals surface area contributed by atoms with E-state index >= 15 is 0 Å². The van der Waals surface area contributed by atoms with Crippen molar-refractivity contribution >= 4 is 5.91 Å². The topological polar surface area (TPSA) is 58.6 Å². The molecule has 17 heavy (non-hydrogen) atoms. The van der Waals surface area contributed by atoms with Gasteiger partial charge in [0.25, 0.3) is 5.91 Å². The molecule has 94 valence electrons. The summed E-state index contributed by atoms with van der Waals surface area (Å²) in [5.41, 5.74) is 1.12. The number of hydrogen-bond acceptors (Lipinski definition) is 3. The Morgan fingerprint density at radius 1 is 1.41 bits per heavy atom. The van der Waals surface area contributed by atoms with Crippen molar-refractivity contribution in [1.29, 1.82) is 0 Å². The summed E-state index contributed by atoms with van der Waals surface area (Å²) < 4.78 is 38.5. The summed E-state index contributed by atoms with van der Waals surface area (Å²) in [6.45, 7) is 1.09. The molecule has 7 heteroatoms. The molecule has 1 amide bonds. The third-order valence-electron chi connectivity index (χ3n) is 1.89. The monoisotopic (exact) mass is 249 g/mol. The number of rotatable bonds is 4. The van der Waals surface area contributed by atoms with Gasteiger partial charge in [0, 0.05) is 0 Å². The lowest BCUT2D eigenvalue weighted by molar-refractivity contribution is -0.0306. The van der Waals surface area contributed by atoms with Crippen LogP contribution in [0.3, 0.4) is 0 Å². The Hall–Kier alpha value is -1.60. The van der Waals surface area contributed by atoms with E-state index in [1.807, 2.05) is 5.48 Å². The van der Waals surface area contributed by atoms with Crippen molar-refractivity contribution < 1.29 is 27.9 Å². The molecule has 0 aliphatic rings. The van der Waals surface area contributed by atoms with Crippen LogP contribution in [0.25, 0.3) is 0 Å². The molecule has 0 heterocycles. The van der Waals surface area contributed by atoms with Gasteiger partial charge in [0.15, 0.2) is 17.5 Å². The zero-order valence-corrected chi connectivity index (χ0v) is 8.84.